The van der Waals surface area contributed by atoms with Crippen molar-refractivity contribution in [3.63, 3.8) is 0 Å². The second-order valence-corrected chi connectivity index (χ2v) is 5.09. The van der Waals surface area contributed by atoms with E-state index in [0.717, 1.165) is 50.6 Å². The molecule has 110 valence electrons. The fraction of sp³-hybridized carbons (Fsp3) is 0.562. The third-order valence-corrected chi connectivity index (χ3v) is 3.53. The highest BCUT2D eigenvalue weighted by molar-refractivity contribution is 5.79. The molecule has 1 aromatic rings. The maximum atomic E-state index is 6.01. The molecule has 0 spiro atoms. The second-order valence-electron chi connectivity index (χ2n) is 5.09. The summed E-state index contributed by atoms with van der Waals surface area (Å²) < 4.78 is 6.01. The molecule has 0 bridgehead atoms. The number of hydrogen-bond acceptors (Lipinski definition) is 2. The van der Waals surface area contributed by atoms with Gasteiger partial charge in [-0.25, -0.2) is 0 Å². The van der Waals surface area contributed by atoms with Crippen molar-refractivity contribution >= 4 is 5.96 Å². The van der Waals surface area contributed by atoms with Gasteiger partial charge in [0.25, 0.3) is 0 Å². The lowest BCUT2D eigenvalue weighted by Crippen LogP contribution is -2.47. The van der Waals surface area contributed by atoms with Crippen LogP contribution in [0.4, 0.5) is 0 Å². The van der Waals surface area contributed by atoms with E-state index < -0.39 is 0 Å². The first-order chi connectivity index (χ1) is 9.83. The Hall–Kier alpha value is -1.71. The van der Waals surface area contributed by atoms with Crippen LogP contribution in [0.25, 0.3) is 0 Å². The van der Waals surface area contributed by atoms with Gasteiger partial charge in [-0.05, 0) is 18.6 Å². The molecular formula is C16H25N3O. The van der Waals surface area contributed by atoms with Crippen LogP contribution >= 0.6 is 0 Å². The topological polar surface area (TPSA) is 36.9 Å². The van der Waals surface area contributed by atoms with Crippen molar-refractivity contribution in [1.82, 2.24) is 10.2 Å². The van der Waals surface area contributed by atoms with Crippen LogP contribution in [0.1, 0.15) is 26.2 Å². The first-order valence-electron chi connectivity index (χ1n) is 7.50. The van der Waals surface area contributed by atoms with Crippen LogP contribution in [0, 0.1) is 0 Å². The van der Waals surface area contributed by atoms with E-state index in [1.807, 2.05) is 37.4 Å². The normalized spacial score (nSPS) is 17.1. The molecule has 1 aliphatic heterocycles. The van der Waals surface area contributed by atoms with Crippen molar-refractivity contribution in [2.24, 2.45) is 4.99 Å². The third-order valence-electron chi connectivity index (χ3n) is 3.53. The number of hydrogen-bond donors (Lipinski definition) is 1. The molecule has 1 N–H and O–H groups in total. The van der Waals surface area contributed by atoms with Crippen LogP contribution in [0.15, 0.2) is 35.3 Å². The number of likely N-dealkylation sites (tertiary alicyclic amines) is 1. The molecule has 20 heavy (non-hydrogen) atoms. The van der Waals surface area contributed by atoms with Gasteiger partial charge in [0.1, 0.15) is 11.9 Å². The van der Waals surface area contributed by atoms with Crippen molar-refractivity contribution in [3.8, 4) is 5.75 Å². The molecular weight excluding hydrogens is 250 g/mol. The Balaban J connectivity index is 1.80. The fourth-order valence-electron chi connectivity index (χ4n) is 2.45. The number of para-hydroxylation sites is 1. The summed E-state index contributed by atoms with van der Waals surface area (Å²) in [5.41, 5.74) is 0. The van der Waals surface area contributed by atoms with Crippen molar-refractivity contribution in [2.45, 2.75) is 32.3 Å². The first kappa shape index (κ1) is 14.7. The number of ether oxygens (including phenoxy) is 1. The molecule has 4 nitrogen and oxygen atoms in total. The molecule has 0 aliphatic carbocycles. The van der Waals surface area contributed by atoms with E-state index in [9.17, 15) is 0 Å². The van der Waals surface area contributed by atoms with Gasteiger partial charge >= 0.3 is 0 Å². The summed E-state index contributed by atoms with van der Waals surface area (Å²) in [6, 6.07) is 10.1. The van der Waals surface area contributed by atoms with Crippen molar-refractivity contribution in [3.05, 3.63) is 30.3 Å². The van der Waals surface area contributed by atoms with Gasteiger partial charge < -0.3 is 15.0 Å². The molecule has 2 rings (SSSR count). The Morgan fingerprint density at radius 1 is 1.30 bits per heavy atom. The zero-order valence-electron chi connectivity index (χ0n) is 12.5. The predicted octanol–water partition coefficient (Wildman–Crippen LogP) is 2.52. The minimum Gasteiger partial charge on any atom is -0.490 e. The summed E-state index contributed by atoms with van der Waals surface area (Å²) in [7, 11) is 1.85. The molecule has 0 amide bonds. The van der Waals surface area contributed by atoms with Gasteiger partial charge in [0, 0.05) is 39.5 Å². The summed E-state index contributed by atoms with van der Waals surface area (Å²) in [5.74, 6) is 1.99. The van der Waals surface area contributed by atoms with Crippen molar-refractivity contribution in [1.29, 1.82) is 0 Å². The number of nitrogens with one attached hydrogen (secondary N) is 1. The Bertz CT molecular complexity index is 411. The summed E-state index contributed by atoms with van der Waals surface area (Å²) in [5, 5.41) is 3.39. The zero-order chi connectivity index (χ0) is 14.2. The van der Waals surface area contributed by atoms with Crippen LogP contribution in [0.5, 0.6) is 5.75 Å². The highest BCUT2D eigenvalue weighted by Crippen LogP contribution is 2.18. The SMILES string of the molecule is CCCNC(=NC)N1CCC(Oc2ccccc2)CC1. The third kappa shape index (κ3) is 4.15. The number of benzene rings is 1. The monoisotopic (exact) mass is 275 g/mol. The number of piperidine rings is 1. The molecule has 0 radical (unpaired) electrons. The van der Waals surface area contributed by atoms with E-state index in [4.69, 9.17) is 4.74 Å². The van der Waals surface area contributed by atoms with Crippen LogP contribution in [-0.2, 0) is 0 Å². The van der Waals surface area contributed by atoms with Gasteiger partial charge in [-0.15, -0.1) is 0 Å². The Morgan fingerprint density at radius 3 is 2.60 bits per heavy atom. The number of guanidine groups is 1. The molecule has 1 aliphatic rings. The fourth-order valence-corrected chi connectivity index (χ4v) is 2.45. The van der Waals surface area contributed by atoms with Crippen LogP contribution in [0.2, 0.25) is 0 Å². The van der Waals surface area contributed by atoms with Crippen LogP contribution in [-0.4, -0.2) is 43.6 Å². The minimum atomic E-state index is 0.318. The van der Waals surface area contributed by atoms with Gasteiger partial charge in [-0.3, -0.25) is 4.99 Å². The van der Waals surface area contributed by atoms with Gasteiger partial charge in [0.05, 0.1) is 0 Å². The standard InChI is InChI=1S/C16H25N3O/c1-3-11-18-16(17-2)19-12-9-15(10-13-19)20-14-7-5-4-6-8-14/h4-8,15H,3,9-13H2,1-2H3,(H,17,18). The lowest BCUT2D eigenvalue weighted by molar-refractivity contribution is 0.129. The summed E-state index contributed by atoms with van der Waals surface area (Å²) in [4.78, 5) is 6.67. The lowest BCUT2D eigenvalue weighted by Gasteiger charge is -2.34. The lowest BCUT2D eigenvalue weighted by atomic mass is 10.1. The number of aliphatic imine (C=N–C) groups is 1. The number of rotatable bonds is 4. The molecule has 1 saturated heterocycles. The van der Waals surface area contributed by atoms with Crippen LogP contribution < -0.4 is 10.1 Å². The zero-order valence-corrected chi connectivity index (χ0v) is 12.5. The molecule has 0 saturated carbocycles. The molecule has 0 unspecified atom stereocenters. The second kappa shape index (κ2) is 7.78. The van der Waals surface area contributed by atoms with Crippen LogP contribution in [0.3, 0.4) is 0 Å². The van der Waals surface area contributed by atoms with E-state index in [1.54, 1.807) is 0 Å². The molecule has 4 heteroatoms. The maximum Gasteiger partial charge on any atom is 0.193 e. The average Bonchev–Trinajstić information content (AvgIpc) is 2.50. The molecule has 0 aromatic heterocycles. The summed E-state index contributed by atoms with van der Waals surface area (Å²) >= 11 is 0. The summed E-state index contributed by atoms with van der Waals surface area (Å²) in [6.07, 6.45) is 3.52. The Morgan fingerprint density at radius 2 is 2.00 bits per heavy atom. The molecule has 1 fully saturated rings. The van der Waals surface area contributed by atoms with E-state index in [0.29, 0.717) is 6.10 Å². The maximum absolute atomic E-state index is 6.01. The highest BCUT2D eigenvalue weighted by atomic mass is 16.5. The molecule has 1 aromatic carbocycles. The molecule has 0 atom stereocenters. The highest BCUT2D eigenvalue weighted by Gasteiger charge is 2.22. The van der Waals surface area contributed by atoms with Crippen molar-refractivity contribution in [2.75, 3.05) is 26.7 Å². The van der Waals surface area contributed by atoms with E-state index in [1.165, 1.54) is 0 Å². The number of nitrogens with zero attached hydrogens (tertiary/aromatic N) is 2. The molecule has 1 heterocycles. The first-order valence-corrected chi connectivity index (χ1v) is 7.50. The minimum absolute atomic E-state index is 0.318. The predicted molar refractivity (Wildman–Crippen MR) is 83.3 cm³/mol. The van der Waals surface area contributed by atoms with E-state index in [-0.39, 0.29) is 0 Å². The van der Waals surface area contributed by atoms with E-state index in [2.05, 4.69) is 22.1 Å². The Labute approximate surface area is 121 Å². The van der Waals surface area contributed by atoms with Crippen molar-refractivity contribution < 1.29 is 4.74 Å². The summed E-state index contributed by atoms with van der Waals surface area (Å²) in [6.45, 7) is 5.15. The largest absolute Gasteiger partial charge is 0.490 e. The quantitative estimate of drug-likeness (QED) is 0.677. The average molecular weight is 275 g/mol. The Kier molecular flexibility index (Phi) is 5.71. The van der Waals surface area contributed by atoms with Gasteiger partial charge in [-0.2, -0.15) is 0 Å². The van der Waals surface area contributed by atoms with E-state index >= 15 is 0 Å². The van der Waals surface area contributed by atoms with Gasteiger partial charge in [-0.1, -0.05) is 25.1 Å². The van der Waals surface area contributed by atoms with Gasteiger partial charge in [0.2, 0.25) is 0 Å². The smallest absolute Gasteiger partial charge is 0.193 e. The van der Waals surface area contributed by atoms with Gasteiger partial charge in [0.15, 0.2) is 5.96 Å².